The summed E-state index contributed by atoms with van der Waals surface area (Å²) in [5, 5.41) is 3.43. The lowest BCUT2D eigenvalue weighted by Crippen LogP contribution is -1.90. The predicted octanol–water partition coefficient (Wildman–Crippen LogP) is 6.85. The summed E-state index contributed by atoms with van der Waals surface area (Å²) in [6.45, 7) is 3.65. The van der Waals surface area contributed by atoms with E-state index in [-0.39, 0.29) is 0 Å². The molecule has 3 aromatic carbocycles. The average molecular weight is 323 g/mol. The Labute approximate surface area is 149 Å². The summed E-state index contributed by atoms with van der Waals surface area (Å²) in [5.74, 6) is 0. The van der Waals surface area contributed by atoms with Gasteiger partial charge in [-0.05, 0) is 41.0 Å². The van der Waals surface area contributed by atoms with E-state index >= 15 is 0 Å². The molecule has 0 aliphatic carbocycles. The summed E-state index contributed by atoms with van der Waals surface area (Å²) in [6, 6.07) is 27.3. The van der Waals surface area contributed by atoms with Gasteiger partial charge < -0.3 is 5.32 Å². The maximum Gasteiger partial charge on any atom is 0.0384 e. The van der Waals surface area contributed by atoms with E-state index in [1.54, 1.807) is 6.08 Å². The van der Waals surface area contributed by atoms with Crippen LogP contribution < -0.4 is 5.32 Å². The molecule has 0 aromatic heterocycles. The second-order valence-electron chi connectivity index (χ2n) is 5.67. The lowest BCUT2D eigenvalue weighted by atomic mass is 10.1. The Morgan fingerprint density at radius 3 is 1.84 bits per heavy atom. The van der Waals surface area contributed by atoms with Crippen molar-refractivity contribution in [1.82, 2.24) is 0 Å². The van der Waals surface area contributed by atoms with E-state index in [9.17, 15) is 0 Å². The molecule has 0 heterocycles. The molecule has 0 unspecified atom stereocenters. The second kappa shape index (κ2) is 8.51. The highest BCUT2D eigenvalue weighted by atomic mass is 14.9. The van der Waals surface area contributed by atoms with Crippen molar-refractivity contribution in [2.45, 2.75) is 0 Å². The van der Waals surface area contributed by atoms with Gasteiger partial charge in [-0.15, -0.1) is 0 Å². The number of hydrogen-bond donors (Lipinski definition) is 1. The van der Waals surface area contributed by atoms with Crippen LogP contribution in [0, 0.1) is 0 Å². The lowest BCUT2D eigenvalue weighted by molar-refractivity contribution is 1.53. The highest BCUT2D eigenvalue weighted by Crippen LogP contribution is 2.23. The van der Waals surface area contributed by atoms with E-state index in [2.05, 4.69) is 90.8 Å². The van der Waals surface area contributed by atoms with Gasteiger partial charge in [0.2, 0.25) is 0 Å². The summed E-state index contributed by atoms with van der Waals surface area (Å²) in [7, 11) is 0. The van der Waals surface area contributed by atoms with Crippen LogP contribution in [0.5, 0.6) is 0 Å². The molecule has 0 fully saturated rings. The van der Waals surface area contributed by atoms with Crippen molar-refractivity contribution < 1.29 is 0 Å². The van der Waals surface area contributed by atoms with Crippen LogP contribution in [0.4, 0.5) is 11.4 Å². The molecule has 1 heteroatoms. The van der Waals surface area contributed by atoms with Gasteiger partial charge in [0.25, 0.3) is 0 Å². The first kappa shape index (κ1) is 16.5. The molecule has 1 N–H and O–H groups in total. The molecule has 0 saturated carbocycles. The fourth-order valence-electron chi connectivity index (χ4n) is 2.53. The third-order valence-corrected chi connectivity index (χ3v) is 3.84. The van der Waals surface area contributed by atoms with E-state index in [1.165, 1.54) is 16.7 Å². The van der Waals surface area contributed by atoms with Crippen molar-refractivity contribution in [2.24, 2.45) is 0 Å². The molecule has 0 saturated heterocycles. The Hall–Kier alpha value is -3.32. The molecule has 122 valence electrons. The van der Waals surface area contributed by atoms with E-state index in [0.717, 1.165) is 11.4 Å². The third kappa shape index (κ3) is 4.82. The van der Waals surface area contributed by atoms with Crippen LogP contribution in [-0.2, 0) is 0 Å². The zero-order valence-electron chi connectivity index (χ0n) is 14.1. The molecule has 1 nitrogen and oxygen atoms in total. The largest absolute Gasteiger partial charge is 0.356 e. The minimum absolute atomic E-state index is 1.08. The van der Waals surface area contributed by atoms with Crippen molar-refractivity contribution in [2.75, 3.05) is 5.32 Å². The van der Waals surface area contributed by atoms with E-state index < -0.39 is 0 Å². The van der Waals surface area contributed by atoms with Crippen LogP contribution in [0.3, 0.4) is 0 Å². The first-order valence-corrected chi connectivity index (χ1v) is 8.33. The van der Waals surface area contributed by atoms with Crippen LogP contribution >= 0.6 is 0 Å². The topological polar surface area (TPSA) is 12.0 Å². The number of anilines is 2. The number of allylic oxidation sites excluding steroid dienone is 4. The summed E-state index contributed by atoms with van der Waals surface area (Å²) < 4.78 is 0. The number of rotatable bonds is 6. The SMILES string of the molecule is C=C/C=C\C=C\c1ccc(Nc2ccc(-c3ccccc3)cc2)cc1. The van der Waals surface area contributed by atoms with Crippen LogP contribution in [0.1, 0.15) is 5.56 Å². The Balaban J connectivity index is 1.65. The molecule has 0 aliphatic heterocycles. The standard InChI is InChI=1S/C24H21N/c1-2-3-4-6-9-20-12-16-23(17-13-20)25-24-18-14-22(15-19-24)21-10-7-5-8-11-21/h2-19,25H,1H2/b4-3-,9-6+. The zero-order chi connectivity index (χ0) is 17.3. The van der Waals surface area contributed by atoms with Gasteiger partial charge in [0.15, 0.2) is 0 Å². The molecule has 25 heavy (non-hydrogen) atoms. The molecule has 0 spiro atoms. The quantitative estimate of drug-likeness (QED) is 0.489. The average Bonchev–Trinajstić information content (AvgIpc) is 2.68. The van der Waals surface area contributed by atoms with Gasteiger partial charge in [0, 0.05) is 11.4 Å². The minimum atomic E-state index is 1.08. The smallest absolute Gasteiger partial charge is 0.0384 e. The summed E-state index contributed by atoms with van der Waals surface area (Å²) >= 11 is 0. The molecule has 0 amide bonds. The fourth-order valence-corrected chi connectivity index (χ4v) is 2.53. The third-order valence-electron chi connectivity index (χ3n) is 3.84. The van der Waals surface area contributed by atoms with Gasteiger partial charge in [-0.3, -0.25) is 0 Å². The first-order chi connectivity index (χ1) is 12.3. The van der Waals surface area contributed by atoms with Crippen LogP contribution in [0.15, 0.2) is 110 Å². The molecule has 0 aliphatic rings. The Bertz CT molecular complexity index is 854. The number of nitrogens with one attached hydrogen (secondary N) is 1. The summed E-state index contributed by atoms with van der Waals surface area (Å²) in [6.07, 6.45) is 9.71. The predicted molar refractivity (Wildman–Crippen MR) is 110 cm³/mol. The highest BCUT2D eigenvalue weighted by molar-refractivity contribution is 5.68. The molecule has 0 radical (unpaired) electrons. The normalized spacial score (nSPS) is 11.0. The molecular formula is C24H21N. The Morgan fingerprint density at radius 1 is 0.600 bits per heavy atom. The van der Waals surface area contributed by atoms with E-state index in [4.69, 9.17) is 0 Å². The zero-order valence-corrected chi connectivity index (χ0v) is 14.1. The maximum atomic E-state index is 3.65. The minimum Gasteiger partial charge on any atom is -0.356 e. The van der Waals surface area contributed by atoms with Crippen LogP contribution in [-0.4, -0.2) is 0 Å². The van der Waals surface area contributed by atoms with E-state index in [0.29, 0.717) is 0 Å². The van der Waals surface area contributed by atoms with Crippen molar-refractivity contribution in [1.29, 1.82) is 0 Å². The summed E-state index contributed by atoms with van der Waals surface area (Å²) in [4.78, 5) is 0. The molecule has 0 bridgehead atoms. The first-order valence-electron chi connectivity index (χ1n) is 8.33. The monoisotopic (exact) mass is 323 g/mol. The van der Waals surface area contributed by atoms with Gasteiger partial charge in [-0.1, -0.05) is 91.6 Å². The van der Waals surface area contributed by atoms with Crippen molar-refractivity contribution in [3.8, 4) is 11.1 Å². The van der Waals surface area contributed by atoms with Crippen molar-refractivity contribution in [3.63, 3.8) is 0 Å². The van der Waals surface area contributed by atoms with Crippen molar-refractivity contribution >= 4 is 17.5 Å². The van der Waals surface area contributed by atoms with Gasteiger partial charge in [0.1, 0.15) is 0 Å². The lowest BCUT2D eigenvalue weighted by Gasteiger charge is -2.08. The Morgan fingerprint density at radius 2 is 1.20 bits per heavy atom. The molecule has 3 aromatic rings. The van der Waals surface area contributed by atoms with Gasteiger partial charge in [-0.2, -0.15) is 0 Å². The van der Waals surface area contributed by atoms with Gasteiger partial charge >= 0.3 is 0 Å². The highest BCUT2D eigenvalue weighted by Gasteiger charge is 1.98. The van der Waals surface area contributed by atoms with Gasteiger partial charge in [-0.25, -0.2) is 0 Å². The van der Waals surface area contributed by atoms with Crippen LogP contribution in [0.2, 0.25) is 0 Å². The number of hydrogen-bond acceptors (Lipinski definition) is 1. The fraction of sp³-hybridized carbons (Fsp3) is 0. The maximum absolute atomic E-state index is 3.65. The van der Waals surface area contributed by atoms with Gasteiger partial charge in [0.05, 0.1) is 0 Å². The van der Waals surface area contributed by atoms with Crippen LogP contribution in [0.25, 0.3) is 17.2 Å². The number of benzene rings is 3. The van der Waals surface area contributed by atoms with E-state index in [1.807, 2.05) is 24.3 Å². The second-order valence-corrected chi connectivity index (χ2v) is 5.67. The Kier molecular flexibility index (Phi) is 5.63. The molecular weight excluding hydrogens is 302 g/mol. The summed E-state index contributed by atoms with van der Waals surface area (Å²) in [5.41, 5.74) is 5.77. The molecule has 3 rings (SSSR count). The van der Waals surface area contributed by atoms with Crippen molar-refractivity contribution in [3.05, 3.63) is 115 Å². The molecule has 0 atom stereocenters.